The molecule has 0 unspecified atom stereocenters. The molecule has 0 aromatic heterocycles. The molecule has 0 aliphatic carbocycles. The van der Waals surface area contributed by atoms with E-state index in [2.05, 4.69) is 0 Å². The fourth-order valence-electron chi connectivity index (χ4n) is 0. The molecule has 0 saturated carbocycles. The first-order chi connectivity index (χ1) is 0. The van der Waals surface area contributed by atoms with Crippen LogP contribution in [0.1, 0.15) is 0 Å². The monoisotopic (exact) mass is 130 g/mol. The van der Waals surface area contributed by atoms with Gasteiger partial charge in [0.1, 0.15) is 0 Å². The van der Waals surface area contributed by atoms with Crippen LogP contribution < -0.4 is 0 Å². The van der Waals surface area contributed by atoms with Crippen LogP contribution in [0.4, 0.5) is 0 Å². The van der Waals surface area contributed by atoms with Crippen LogP contribution in [0.3, 0.4) is 0 Å². The molecular weight excluding hydrogens is 121 g/mol. The van der Waals surface area contributed by atoms with Gasteiger partial charge in [-0.3, -0.25) is 0 Å². The molecule has 0 nitrogen and oxygen atoms in total. The standard InChI is InChI=1S/2Al.BH3.Fe.6H/h;;1H3;;;;;;;. The molecule has 0 aliphatic rings. The van der Waals surface area contributed by atoms with Crippen LogP contribution in [0.15, 0.2) is 0 Å². The van der Waals surface area contributed by atoms with Crippen molar-refractivity contribution in [3.05, 3.63) is 0 Å². The Kier molecular flexibility index (Phi) is 255. The third kappa shape index (κ3) is 9.42. The van der Waals surface area contributed by atoms with Gasteiger partial charge in [-0.15, -0.1) is 0 Å². The van der Waals surface area contributed by atoms with Crippen molar-refractivity contribution in [3.8, 4) is 0 Å². The van der Waals surface area contributed by atoms with Crippen molar-refractivity contribution in [2.24, 2.45) is 0 Å². The van der Waals surface area contributed by atoms with Crippen molar-refractivity contribution < 1.29 is 17.1 Å². The maximum Gasteiger partial charge on any atom is 0.187 e. The molecule has 0 bridgehead atoms. The van der Waals surface area contributed by atoms with Gasteiger partial charge in [0.05, 0.1) is 8.41 Å². The molecule has 0 N–H and O–H groups in total. The Morgan fingerprint density at radius 1 is 0.750 bits per heavy atom. The van der Waals surface area contributed by atoms with Gasteiger partial charge in [0.2, 0.25) is 0 Å². The van der Waals surface area contributed by atoms with Crippen LogP contribution in [0.5, 0.6) is 0 Å². The van der Waals surface area contributed by atoms with Gasteiger partial charge in [-0.1, -0.05) is 0 Å². The second-order valence-electron chi connectivity index (χ2n) is 0. The Bertz CT molecular complexity index is 6.00. The van der Waals surface area contributed by atoms with Crippen LogP contribution in [0.25, 0.3) is 0 Å². The van der Waals surface area contributed by atoms with Crippen molar-refractivity contribution in [1.82, 2.24) is 0 Å². The molecule has 0 heterocycles. The fourth-order valence-corrected chi connectivity index (χ4v) is 0. The van der Waals surface area contributed by atoms with Gasteiger partial charge >= 0.3 is 0 Å². The molecule has 4 heteroatoms. The molecule has 0 atom stereocenters. The third-order valence-electron chi connectivity index (χ3n) is 0. The summed E-state index contributed by atoms with van der Waals surface area (Å²) in [6.07, 6.45) is 0. The molecule has 4 heavy (non-hydrogen) atoms. The van der Waals surface area contributed by atoms with E-state index >= 15 is 0 Å². The van der Waals surface area contributed by atoms with E-state index in [9.17, 15) is 0 Å². The number of hydrogen-bond acceptors (Lipinski definition) is 0. The Morgan fingerprint density at radius 3 is 0.750 bits per heavy atom. The summed E-state index contributed by atoms with van der Waals surface area (Å²) in [4.78, 5) is 0. The quantitative estimate of drug-likeness (QED) is 0.297. The van der Waals surface area contributed by atoms with E-state index in [4.69, 9.17) is 0 Å². The second kappa shape index (κ2) is 22.8. The van der Waals surface area contributed by atoms with Gasteiger partial charge in [0.15, 0.2) is 34.7 Å². The summed E-state index contributed by atoms with van der Waals surface area (Å²) in [6, 6.07) is 0. The normalized spacial score (nSPS) is 0. The summed E-state index contributed by atoms with van der Waals surface area (Å²) in [6.45, 7) is 0. The average Bonchev–Trinajstić information content (AvgIpc) is 0. The zero-order chi connectivity index (χ0) is 0. The summed E-state index contributed by atoms with van der Waals surface area (Å²) in [7, 11) is 0. The first-order valence-electron chi connectivity index (χ1n) is 0. The van der Waals surface area contributed by atoms with Crippen molar-refractivity contribution in [3.63, 3.8) is 0 Å². The SMILES string of the molecule is B.[AlH3].[AlH3].[Fe]. The minimum Gasteiger partial charge on any atom is 0 e. The average molecular weight is 130 g/mol. The van der Waals surface area contributed by atoms with Gasteiger partial charge < -0.3 is 0 Å². The van der Waals surface area contributed by atoms with Crippen molar-refractivity contribution in [2.45, 2.75) is 0 Å². The second-order valence-corrected chi connectivity index (χ2v) is 0. The van der Waals surface area contributed by atoms with E-state index < -0.39 is 0 Å². The predicted molar refractivity (Wildman–Crippen MR) is 29.8 cm³/mol. The smallest absolute Gasteiger partial charge is 0 e. The van der Waals surface area contributed by atoms with E-state index in [1.807, 2.05) is 0 Å². The molecule has 0 fully saturated rings. The summed E-state index contributed by atoms with van der Waals surface area (Å²) >= 11 is 0. The maximum absolute atomic E-state index is 0. The molecule has 26 valence electrons. The van der Waals surface area contributed by atoms with E-state index in [1.165, 1.54) is 0 Å². The predicted octanol–water partition coefficient (Wildman–Crippen LogP) is -3.55. The molecule has 0 saturated heterocycles. The Hall–Kier alpha value is 1.65. The van der Waals surface area contributed by atoms with Crippen LogP contribution in [-0.4, -0.2) is 43.1 Å². The molecule has 0 amide bonds. The molecule has 0 aromatic carbocycles. The Labute approximate surface area is 60.0 Å². The molecule has 0 spiro atoms. The minimum absolute atomic E-state index is 0. The Morgan fingerprint density at radius 2 is 0.750 bits per heavy atom. The van der Waals surface area contributed by atoms with Gasteiger partial charge in [-0.25, -0.2) is 0 Å². The summed E-state index contributed by atoms with van der Waals surface area (Å²) in [5.41, 5.74) is 0. The van der Waals surface area contributed by atoms with Crippen LogP contribution in [0.2, 0.25) is 0 Å². The van der Waals surface area contributed by atoms with Crippen LogP contribution in [0, 0.1) is 0 Å². The topological polar surface area (TPSA) is 0 Å². The van der Waals surface area contributed by atoms with Gasteiger partial charge in [0, 0.05) is 17.1 Å². The molecule has 0 radical (unpaired) electrons. The third-order valence-corrected chi connectivity index (χ3v) is 0. The fraction of sp³-hybridized carbons (Fsp3) is 0. The molecule has 0 aromatic rings. The van der Waals surface area contributed by atoms with Gasteiger partial charge in [-0.2, -0.15) is 0 Å². The van der Waals surface area contributed by atoms with Crippen molar-refractivity contribution in [1.29, 1.82) is 0 Å². The van der Waals surface area contributed by atoms with Crippen molar-refractivity contribution in [2.75, 3.05) is 0 Å². The zero-order valence-corrected chi connectivity index (χ0v) is 1.46. The Balaban J connectivity index is 0. The molecular formula is H9Al2BFe. The van der Waals surface area contributed by atoms with Gasteiger partial charge in [0.25, 0.3) is 0 Å². The number of hydrogen-bond donors (Lipinski definition) is 0. The first-order valence-corrected chi connectivity index (χ1v) is 0. The minimum atomic E-state index is 0. The van der Waals surface area contributed by atoms with Crippen LogP contribution >= 0.6 is 0 Å². The summed E-state index contributed by atoms with van der Waals surface area (Å²) in [5.74, 6) is 0. The van der Waals surface area contributed by atoms with E-state index in [-0.39, 0.29) is 60.2 Å². The van der Waals surface area contributed by atoms with Gasteiger partial charge in [-0.05, 0) is 0 Å². The maximum atomic E-state index is 0. The van der Waals surface area contributed by atoms with E-state index in [0.717, 1.165) is 0 Å². The summed E-state index contributed by atoms with van der Waals surface area (Å²) in [5, 5.41) is 0. The van der Waals surface area contributed by atoms with E-state index in [1.54, 1.807) is 0 Å². The molecule has 0 rings (SSSR count). The van der Waals surface area contributed by atoms with Crippen LogP contribution in [-0.2, 0) is 17.1 Å². The van der Waals surface area contributed by atoms with E-state index in [0.29, 0.717) is 0 Å². The number of rotatable bonds is 0. The summed E-state index contributed by atoms with van der Waals surface area (Å²) < 4.78 is 0. The van der Waals surface area contributed by atoms with Crippen molar-refractivity contribution >= 4 is 43.1 Å². The molecule has 0 aliphatic heterocycles. The zero-order valence-electron chi connectivity index (χ0n) is 0.354. The first kappa shape index (κ1) is 44.9. The largest absolute Gasteiger partial charge is 0.187 e.